The van der Waals surface area contributed by atoms with Crippen molar-refractivity contribution in [3.63, 3.8) is 0 Å². The molecule has 36 heavy (non-hydrogen) atoms. The normalized spacial score (nSPS) is 13.9. The molecule has 0 aliphatic carbocycles. The van der Waals surface area contributed by atoms with E-state index in [4.69, 9.17) is 35.5 Å². The van der Waals surface area contributed by atoms with Gasteiger partial charge in [-0.15, -0.1) is 0 Å². The van der Waals surface area contributed by atoms with Gasteiger partial charge in [-0.2, -0.15) is 0 Å². The Bertz CT molecular complexity index is 1060. The summed E-state index contributed by atoms with van der Waals surface area (Å²) in [4.78, 5) is 52.5. The third kappa shape index (κ3) is 10.2. The molecule has 2 rings (SSSR count). The third-order valence-corrected chi connectivity index (χ3v) is 4.77. The highest BCUT2D eigenvalue weighted by molar-refractivity contribution is 7.51. The Morgan fingerprint density at radius 3 is 1.97 bits per heavy atom. The van der Waals surface area contributed by atoms with E-state index in [0.29, 0.717) is 17.6 Å². The number of aromatic nitrogens is 4. The fraction of sp³-hybridized carbons (Fsp3) is 0.667. The van der Waals surface area contributed by atoms with Crippen molar-refractivity contribution < 1.29 is 38.2 Å². The van der Waals surface area contributed by atoms with Crippen LogP contribution in [0.4, 0.5) is 5.82 Å². The number of esters is 2. The van der Waals surface area contributed by atoms with E-state index in [1.165, 1.54) is 17.2 Å². The van der Waals surface area contributed by atoms with Crippen molar-refractivity contribution in [2.24, 2.45) is 5.73 Å². The molecule has 0 radical (unpaired) electrons. The molecule has 0 bridgehead atoms. The smallest absolute Gasteiger partial charge is 0.351 e. The molecule has 1 atom stereocenters. The van der Waals surface area contributed by atoms with Crippen LogP contribution in [0.3, 0.4) is 0 Å². The van der Waals surface area contributed by atoms with Gasteiger partial charge in [0.2, 0.25) is 0 Å². The van der Waals surface area contributed by atoms with Crippen molar-refractivity contribution in [2.75, 3.05) is 18.6 Å². The van der Waals surface area contributed by atoms with Crippen LogP contribution in [0.15, 0.2) is 12.7 Å². The van der Waals surface area contributed by atoms with Crippen LogP contribution in [0, 0.1) is 0 Å². The van der Waals surface area contributed by atoms with Crippen molar-refractivity contribution in [1.29, 1.82) is 0 Å². The van der Waals surface area contributed by atoms with E-state index < -0.39 is 42.8 Å². The molecule has 204 valence electrons. The van der Waals surface area contributed by atoms with Crippen LogP contribution in [-0.4, -0.2) is 65.3 Å². The van der Waals surface area contributed by atoms with Gasteiger partial charge in [0.05, 0.1) is 6.33 Å². The number of nitrogens with two attached hydrogens (primary N) is 2. The van der Waals surface area contributed by atoms with Crippen LogP contribution >= 0.6 is 7.60 Å². The SMILES string of the molecule is CC(C)(C)OC(=O)CC(=O)OC(C)(C)C.CCC(CN)(OCP(=O)(O)O)n1cnc2c(N)ncnc21. The molecule has 0 spiro atoms. The number of ether oxygens (including phenoxy) is 3. The maximum Gasteiger partial charge on any atom is 0.351 e. The lowest BCUT2D eigenvalue weighted by Gasteiger charge is -2.33. The van der Waals surface area contributed by atoms with Crippen molar-refractivity contribution in [3.8, 4) is 0 Å². The molecule has 0 fully saturated rings. The number of carbonyl (C=O) groups is 2. The highest BCUT2D eigenvalue weighted by Gasteiger charge is 2.34. The fourth-order valence-corrected chi connectivity index (χ4v) is 3.28. The number of imidazole rings is 1. The van der Waals surface area contributed by atoms with Crippen LogP contribution in [0.5, 0.6) is 0 Å². The molecule has 0 amide bonds. The van der Waals surface area contributed by atoms with E-state index in [-0.39, 0.29) is 18.8 Å². The van der Waals surface area contributed by atoms with E-state index in [2.05, 4.69) is 15.0 Å². The predicted molar refractivity (Wildman–Crippen MR) is 131 cm³/mol. The molecule has 14 nitrogen and oxygen atoms in total. The van der Waals surface area contributed by atoms with Crippen LogP contribution in [0.2, 0.25) is 0 Å². The Labute approximate surface area is 209 Å². The van der Waals surface area contributed by atoms with E-state index in [9.17, 15) is 14.2 Å². The number of nitrogens with zero attached hydrogens (tertiary/aromatic N) is 4. The molecule has 2 aromatic heterocycles. The molecular weight excluding hydrogens is 495 g/mol. The maximum atomic E-state index is 11.2. The number of fused-ring (bicyclic) bond motifs is 1. The van der Waals surface area contributed by atoms with Gasteiger partial charge >= 0.3 is 19.5 Å². The quantitative estimate of drug-likeness (QED) is 0.216. The average Bonchev–Trinajstić information content (AvgIpc) is 3.12. The Balaban J connectivity index is 0.000000384. The molecular formula is C21H37N6O8P. The highest BCUT2D eigenvalue weighted by atomic mass is 31.2. The van der Waals surface area contributed by atoms with Crippen molar-refractivity contribution in [2.45, 2.75) is 78.2 Å². The van der Waals surface area contributed by atoms with Gasteiger partial charge in [0.15, 0.2) is 23.5 Å². The summed E-state index contributed by atoms with van der Waals surface area (Å²) < 4.78 is 28.0. The van der Waals surface area contributed by atoms with Crippen LogP contribution in [0.25, 0.3) is 11.2 Å². The molecule has 2 aromatic rings. The van der Waals surface area contributed by atoms with Gasteiger partial charge in [-0.25, -0.2) is 15.0 Å². The van der Waals surface area contributed by atoms with E-state index in [0.717, 1.165) is 0 Å². The predicted octanol–water partition coefficient (Wildman–Crippen LogP) is 1.64. The van der Waals surface area contributed by atoms with E-state index in [1.54, 1.807) is 48.5 Å². The number of hydrogen-bond donors (Lipinski definition) is 4. The molecule has 6 N–H and O–H groups in total. The molecule has 0 saturated heterocycles. The lowest BCUT2D eigenvalue weighted by atomic mass is 10.1. The molecule has 0 aliphatic rings. The molecule has 2 heterocycles. The zero-order valence-electron chi connectivity index (χ0n) is 21.7. The Hall–Kier alpha value is -2.64. The summed E-state index contributed by atoms with van der Waals surface area (Å²) >= 11 is 0. The first-order valence-electron chi connectivity index (χ1n) is 11.1. The van der Waals surface area contributed by atoms with Crippen LogP contribution < -0.4 is 11.5 Å². The van der Waals surface area contributed by atoms with Gasteiger partial charge in [-0.1, -0.05) is 6.92 Å². The number of anilines is 1. The second kappa shape index (κ2) is 12.1. The number of hydrogen-bond acceptors (Lipinski definition) is 11. The van der Waals surface area contributed by atoms with Crippen molar-refractivity contribution >= 4 is 36.5 Å². The average molecular weight is 533 g/mol. The standard InChI is InChI=1S/C11H20O4.C10H17N6O4P/c1-10(2,3)14-8(12)7-9(13)15-11(4,5)6;1-2-10(3-11,20-6-21(17,18)19)16-5-15-7-8(12)13-4-14-9(7)16/h7H2,1-6H3;4-5H,2-3,6,11H2,1H3,(H2,12,13,14)(H2,17,18,19). The summed E-state index contributed by atoms with van der Waals surface area (Å²) in [5, 5.41) is 0. The summed E-state index contributed by atoms with van der Waals surface area (Å²) in [6, 6.07) is 0. The monoisotopic (exact) mass is 532 g/mol. The lowest BCUT2D eigenvalue weighted by molar-refractivity contribution is -0.166. The number of nitrogen functional groups attached to an aromatic ring is 1. The van der Waals surface area contributed by atoms with Gasteiger partial charge in [0, 0.05) is 6.54 Å². The summed E-state index contributed by atoms with van der Waals surface area (Å²) in [6.07, 6.45) is 1.97. The molecule has 0 aliphatic heterocycles. The van der Waals surface area contributed by atoms with Gasteiger partial charge < -0.3 is 35.5 Å². The third-order valence-electron chi connectivity index (χ3n) is 4.30. The largest absolute Gasteiger partial charge is 0.460 e. The summed E-state index contributed by atoms with van der Waals surface area (Å²) in [7, 11) is -4.33. The minimum Gasteiger partial charge on any atom is -0.460 e. The van der Waals surface area contributed by atoms with Crippen molar-refractivity contribution in [1.82, 2.24) is 19.5 Å². The topological polar surface area (TPSA) is 215 Å². The van der Waals surface area contributed by atoms with Gasteiger partial charge in [0.25, 0.3) is 0 Å². The zero-order valence-corrected chi connectivity index (χ0v) is 22.6. The summed E-state index contributed by atoms with van der Waals surface area (Å²) in [6.45, 7) is 12.3. The van der Waals surface area contributed by atoms with E-state index >= 15 is 0 Å². The second-order valence-electron chi connectivity index (χ2n) is 9.84. The molecule has 15 heteroatoms. The van der Waals surface area contributed by atoms with Gasteiger partial charge in [-0.3, -0.25) is 18.7 Å². The first kappa shape index (κ1) is 31.4. The molecule has 0 aromatic carbocycles. The first-order chi connectivity index (χ1) is 16.3. The summed E-state index contributed by atoms with van der Waals surface area (Å²) in [5.74, 6) is -0.913. The zero-order chi connectivity index (χ0) is 27.9. The lowest BCUT2D eigenvalue weighted by Crippen LogP contribution is -2.43. The number of carbonyl (C=O) groups excluding carboxylic acids is 2. The second-order valence-corrected chi connectivity index (χ2v) is 11.4. The Morgan fingerprint density at radius 2 is 1.56 bits per heavy atom. The minimum atomic E-state index is -4.33. The highest BCUT2D eigenvalue weighted by Crippen LogP contribution is 2.38. The minimum absolute atomic E-state index is 0.0150. The van der Waals surface area contributed by atoms with Crippen LogP contribution in [0.1, 0.15) is 61.3 Å². The van der Waals surface area contributed by atoms with Crippen LogP contribution in [-0.2, 0) is 34.1 Å². The first-order valence-corrected chi connectivity index (χ1v) is 12.9. The van der Waals surface area contributed by atoms with Crippen molar-refractivity contribution in [3.05, 3.63) is 12.7 Å². The van der Waals surface area contributed by atoms with Gasteiger partial charge in [0.1, 0.15) is 29.5 Å². The van der Waals surface area contributed by atoms with Gasteiger partial charge in [-0.05, 0) is 48.0 Å². The Morgan fingerprint density at radius 1 is 1.03 bits per heavy atom. The molecule has 0 saturated carbocycles. The summed E-state index contributed by atoms with van der Waals surface area (Å²) in [5.41, 5.74) is 9.94. The van der Waals surface area contributed by atoms with E-state index in [1.807, 2.05) is 0 Å². The Kier molecular flexibility index (Phi) is 10.5. The number of rotatable bonds is 8. The fourth-order valence-electron chi connectivity index (χ4n) is 2.87. The maximum absolute atomic E-state index is 11.2. The molecule has 1 unspecified atom stereocenters.